The first-order valence-corrected chi connectivity index (χ1v) is 7.14. The number of nitrogens with zero attached hydrogens (tertiary/aromatic N) is 6. The van der Waals surface area contributed by atoms with Crippen molar-refractivity contribution in [1.82, 2.24) is 24.8 Å². The van der Waals surface area contributed by atoms with Crippen molar-refractivity contribution in [2.75, 3.05) is 43.5 Å². The predicted molar refractivity (Wildman–Crippen MR) is 82.6 cm³/mol. The molecule has 0 saturated carbocycles. The van der Waals surface area contributed by atoms with E-state index in [0.29, 0.717) is 19.6 Å². The lowest BCUT2D eigenvalue weighted by Crippen LogP contribution is -2.48. The van der Waals surface area contributed by atoms with Gasteiger partial charge < -0.3 is 19.7 Å². The van der Waals surface area contributed by atoms with Crippen molar-refractivity contribution in [3.05, 3.63) is 30.6 Å². The molecule has 3 rings (SSSR count). The van der Waals surface area contributed by atoms with Gasteiger partial charge in [-0.15, -0.1) is 0 Å². The maximum Gasteiger partial charge on any atom is 0.241 e. The number of imidazole rings is 1. The molecule has 116 valence electrons. The molecule has 2 aromatic rings. The summed E-state index contributed by atoms with van der Waals surface area (Å²) in [5.74, 6) is 2.55. The van der Waals surface area contributed by atoms with E-state index in [0.717, 1.165) is 24.0 Å². The SMILES string of the molecule is CN1CCN(c2cc(N(C)Cc3ncc[nH]3)ncn2)CC1=O. The number of H-pyrrole nitrogens is 1. The Labute approximate surface area is 128 Å². The van der Waals surface area contributed by atoms with E-state index in [1.165, 1.54) is 6.33 Å². The summed E-state index contributed by atoms with van der Waals surface area (Å²) in [5.41, 5.74) is 0. The van der Waals surface area contributed by atoms with Crippen LogP contribution in [0.2, 0.25) is 0 Å². The van der Waals surface area contributed by atoms with Gasteiger partial charge >= 0.3 is 0 Å². The average molecular weight is 301 g/mol. The third-order valence-corrected chi connectivity index (χ3v) is 3.75. The van der Waals surface area contributed by atoms with Gasteiger partial charge in [0.15, 0.2) is 0 Å². The van der Waals surface area contributed by atoms with E-state index >= 15 is 0 Å². The third-order valence-electron chi connectivity index (χ3n) is 3.75. The number of nitrogens with one attached hydrogen (secondary N) is 1. The zero-order chi connectivity index (χ0) is 15.5. The van der Waals surface area contributed by atoms with Crippen molar-refractivity contribution in [3.8, 4) is 0 Å². The molecular weight excluding hydrogens is 282 g/mol. The second-order valence-electron chi connectivity index (χ2n) is 5.36. The highest BCUT2D eigenvalue weighted by Gasteiger charge is 2.22. The Morgan fingerprint density at radius 3 is 2.91 bits per heavy atom. The highest BCUT2D eigenvalue weighted by Crippen LogP contribution is 2.19. The van der Waals surface area contributed by atoms with Crippen LogP contribution in [0.25, 0.3) is 0 Å². The molecule has 3 heterocycles. The second-order valence-corrected chi connectivity index (χ2v) is 5.36. The fourth-order valence-electron chi connectivity index (χ4n) is 2.36. The lowest BCUT2D eigenvalue weighted by atomic mass is 10.3. The van der Waals surface area contributed by atoms with Crippen LogP contribution in [0.15, 0.2) is 24.8 Å². The molecule has 0 atom stereocenters. The van der Waals surface area contributed by atoms with Gasteiger partial charge in [0.1, 0.15) is 23.8 Å². The highest BCUT2D eigenvalue weighted by atomic mass is 16.2. The minimum absolute atomic E-state index is 0.107. The van der Waals surface area contributed by atoms with Crippen LogP contribution in [0.5, 0.6) is 0 Å². The van der Waals surface area contributed by atoms with Crippen LogP contribution in [0.4, 0.5) is 11.6 Å². The number of aromatic nitrogens is 4. The van der Waals surface area contributed by atoms with E-state index < -0.39 is 0 Å². The fourth-order valence-corrected chi connectivity index (χ4v) is 2.36. The topological polar surface area (TPSA) is 81.2 Å². The first-order chi connectivity index (χ1) is 10.6. The molecule has 0 aromatic carbocycles. The van der Waals surface area contributed by atoms with Crippen molar-refractivity contribution in [3.63, 3.8) is 0 Å². The quantitative estimate of drug-likeness (QED) is 0.863. The smallest absolute Gasteiger partial charge is 0.241 e. The molecule has 1 N–H and O–H groups in total. The van der Waals surface area contributed by atoms with Gasteiger partial charge in [-0.2, -0.15) is 0 Å². The zero-order valence-electron chi connectivity index (χ0n) is 12.7. The maximum absolute atomic E-state index is 11.8. The van der Waals surface area contributed by atoms with Crippen molar-refractivity contribution in [2.24, 2.45) is 0 Å². The summed E-state index contributed by atoms with van der Waals surface area (Å²) in [6.07, 6.45) is 5.06. The standard InChI is InChI=1S/C14H19N7O/c1-19-5-6-21(9-14(19)22)13-7-12(17-10-18-13)20(2)8-11-15-3-4-16-11/h3-4,7,10H,5-6,8-9H2,1-2H3,(H,15,16). The number of piperazine rings is 1. The summed E-state index contributed by atoms with van der Waals surface area (Å²) < 4.78 is 0. The van der Waals surface area contributed by atoms with Gasteiger partial charge in [-0.3, -0.25) is 4.79 Å². The molecule has 0 unspecified atom stereocenters. The van der Waals surface area contributed by atoms with Crippen LogP contribution >= 0.6 is 0 Å². The number of carbonyl (C=O) groups is 1. The van der Waals surface area contributed by atoms with Gasteiger partial charge in [0.2, 0.25) is 5.91 Å². The van der Waals surface area contributed by atoms with Crippen molar-refractivity contribution in [1.29, 1.82) is 0 Å². The van der Waals surface area contributed by atoms with Crippen LogP contribution in [-0.4, -0.2) is 64.5 Å². The number of likely N-dealkylation sites (N-methyl/N-ethyl adjacent to an activating group) is 1. The second kappa shape index (κ2) is 6.00. The zero-order valence-corrected chi connectivity index (χ0v) is 12.7. The molecule has 1 saturated heterocycles. The Morgan fingerprint density at radius 1 is 1.32 bits per heavy atom. The van der Waals surface area contributed by atoms with Crippen molar-refractivity contribution in [2.45, 2.75) is 6.54 Å². The molecule has 8 heteroatoms. The molecule has 1 aliphatic heterocycles. The number of hydrogen-bond donors (Lipinski definition) is 1. The fraction of sp³-hybridized carbons (Fsp3) is 0.429. The Kier molecular flexibility index (Phi) is 3.90. The molecular formula is C14H19N7O. The van der Waals surface area contributed by atoms with E-state index in [1.54, 1.807) is 17.3 Å². The number of anilines is 2. The van der Waals surface area contributed by atoms with Crippen LogP contribution < -0.4 is 9.80 Å². The minimum atomic E-state index is 0.107. The Hall–Kier alpha value is -2.64. The lowest BCUT2D eigenvalue weighted by Gasteiger charge is -2.33. The van der Waals surface area contributed by atoms with Gasteiger partial charge in [0.05, 0.1) is 13.1 Å². The minimum Gasteiger partial charge on any atom is -0.352 e. The van der Waals surface area contributed by atoms with E-state index in [-0.39, 0.29) is 5.91 Å². The van der Waals surface area contributed by atoms with Gasteiger partial charge in [0, 0.05) is 45.6 Å². The van der Waals surface area contributed by atoms with Crippen molar-refractivity contribution < 1.29 is 4.79 Å². The number of aromatic amines is 1. The summed E-state index contributed by atoms with van der Waals surface area (Å²) >= 11 is 0. The average Bonchev–Trinajstić information content (AvgIpc) is 3.03. The maximum atomic E-state index is 11.8. The molecule has 22 heavy (non-hydrogen) atoms. The first-order valence-electron chi connectivity index (χ1n) is 7.14. The van der Waals surface area contributed by atoms with Gasteiger partial charge in [0.25, 0.3) is 0 Å². The monoisotopic (exact) mass is 301 g/mol. The summed E-state index contributed by atoms with van der Waals surface area (Å²) in [6.45, 7) is 2.47. The summed E-state index contributed by atoms with van der Waals surface area (Å²) in [7, 11) is 3.77. The molecule has 1 fully saturated rings. The van der Waals surface area contributed by atoms with Gasteiger partial charge in [-0.1, -0.05) is 0 Å². The molecule has 1 aliphatic rings. The number of hydrogen-bond acceptors (Lipinski definition) is 6. The van der Waals surface area contributed by atoms with E-state index in [9.17, 15) is 4.79 Å². The molecule has 0 radical (unpaired) electrons. The van der Waals surface area contributed by atoms with E-state index in [1.807, 2.05) is 30.0 Å². The third kappa shape index (κ3) is 3.00. The molecule has 0 spiro atoms. The number of amides is 1. The van der Waals surface area contributed by atoms with Gasteiger partial charge in [-0.25, -0.2) is 15.0 Å². The van der Waals surface area contributed by atoms with Gasteiger partial charge in [-0.05, 0) is 0 Å². The molecule has 1 amide bonds. The molecule has 0 aliphatic carbocycles. The molecule has 0 bridgehead atoms. The highest BCUT2D eigenvalue weighted by molar-refractivity contribution is 5.82. The first kappa shape index (κ1) is 14.3. The number of rotatable bonds is 4. The largest absolute Gasteiger partial charge is 0.352 e. The van der Waals surface area contributed by atoms with Crippen molar-refractivity contribution >= 4 is 17.5 Å². The Balaban J connectivity index is 1.73. The van der Waals surface area contributed by atoms with E-state index in [2.05, 4.69) is 19.9 Å². The Morgan fingerprint density at radius 2 is 2.18 bits per heavy atom. The number of carbonyl (C=O) groups excluding carboxylic acids is 1. The Bertz CT molecular complexity index is 642. The summed E-state index contributed by atoms with van der Waals surface area (Å²) in [5, 5.41) is 0. The summed E-state index contributed by atoms with van der Waals surface area (Å²) in [4.78, 5) is 33.4. The lowest BCUT2D eigenvalue weighted by molar-refractivity contribution is -0.129. The van der Waals surface area contributed by atoms with E-state index in [4.69, 9.17) is 0 Å². The molecule has 2 aromatic heterocycles. The predicted octanol–water partition coefficient (Wildman–Crippen LogP) is 0.114. The molecule has 8 nitrogen and oxygen atoms in total. The summed E-state index contributed by atoms with van der Waals surface area (Å²) in [6, 6.07) is 1.90. The van der Waals surface area contributed by atoms with Crippen LogP contribution in [0.1, 0.15) is 5.82 Å². The van der Waals surface area contributed by atoms with Crippen LogP contribution in [0.3, 0.4) is 0 Å². The van der Waals surface area contributed by atoms with Crippen LogP contribution in [0, 0.1) is 0 Å². The normalized spacial score (nSPS) is 15.3. The van der Waals surface area contributed by atoms with Crippen LogP contribution in [-0.2, 0) is 11.3 Å².